The number of hydrogen-bond acceptors (Lipinski definition) is 9. The summed E-state index contributed by atoms with van der Waals surface area (Å²) in [5.41, 5.74) is 5.12. The quantitative estimate of drug-likeness (QED) is 0.227. The summed E-state index contributed by atoms with van der Waals surface area (Å²) < 4.78 is 33.3. The predicted molar refractivity (Wildman–Crippen MR) is 92.6 cm³/mol. The van der Waals surface area contributed by atoms with E-state index in [9.17, 15) is 18.9 Å². The molecule has 3 N–H and O–H groups in total. The normalized spacial score (nSPS) is 14.3. The van der Waals surface area contributed by atoms with Crippen LogP contribution in [0.5, 0.6) is 0 Å². The summed E-state index contributed by atoms with van der Waals surface area (Å²) in [6.45, 7) is 5.86. The van der Waals surface area contributed by atoms with E-state index < -0.39 is 37.1 Å². The predicted octanol–water partition coefficient (Wildman–Crippen LogP) is 1.02. The zero-order valence-electron chi connectivity index (χ0n) is 15.5. The van der Waals surface area contributed by atoms with Crippen molar-refractivity contribution in [3.63, 3.8) is 0 Å². The van der Waals surface area contributed by atoms with Crippen molar-refractivity contribution in [3.05, 3.63) is 0 Å². The summed E-state index contributed by atoms with van der Waals surface area (Å²) in [4.78, 5) is 35.7. The van der Waals surface area contributed by atoms with Crippen molar-refractivity contribution < 1.29 is 37.5 Å². The van der Waals surface area contributed by atoms with Gasteiger partial charge in [-0.25, -0.2) is 10.2 Å². The number of urea groups is 1. The average molecular weight is 395 g/mol. The van der Waals surface area contributed by atoms with Crippen molar-refractivity contribution >= 4 is 31.3 Å². The first-order chi connectivity index (χ1) is 12.2. The van der Waals surface area contributed by atoms with Crippen LogP contribution in [-0.4, -0.2) is 56.3 Å². The lowest BCUT2D eigenvalue weighted by molar-refractivity contribution is -0.151. The average Bonchev–Trinajstić information content (AvgIpc) is 2.57. The van der Waals surface area contributed by atoms with E-state index in [0.29, 0.717) is 0 Å². The van der Waals surface area contributed by atoms with E-state index in [4.69, 9.17) is 24.3 Å². The molecule has 2 atom stereocenters. The fourth-order valence-corrected chi connectivity index (χ4v) is 4.25. The maximum atomic E-state index is 13.2. The molecular formula is C14H26N3O8P. The van der Waals surface area contributed by atoms with Crippen LogP contribution in [0.1, 0.15) is 27.7 Å². The van der Waals surface area contributed by atoms with Gasteiger partial charge < -0.3 is 24.3 Å². The number of rotatable bonds is 11. The second-order valence-electron chi connectivity index (χ2n) is 4.80. The van der Waals surface area contributed by atoms with Crippen LogP contribution in [0.4, 0.5) is 4.79 Å². The Kier molecular flexibility index (Phi) is 10.7. The number of hydrazone groups is 1. The van der Waals surface area contributed by atoms with Crippen LogP contribution in [0, 0.1) is 5.92 Å². The first-order valence-electron chi connectivity index (χ1n) is 7.91. The molecule has 0 aromatic heterocycles. The van der Waals surface area contributed by atoms with Gasteiger partial charge in [-0.05, 0) is 27.7 Å². The van der Waals surface area contributed by atoms with E-state index in [2.05, 4.69) is 5.10 Å². The minimum absolute atomic E-state index is 0.0306. The Morgan fingerprint density at radius 3 is 2.00 bits per heavy atom. The van der Waals surface area contributed by atoms with Crippen molar-refractivity contribution in [3.8, 4) is 0 Å². The van der Waals surface area contributed by atoms with Gasteiger partial charge in [0.2, 0.25) is 0 Å². The van der Waals surface area contributed by atoms with E-state index in [1.807, 2.05) is 5.43 Å². The molecule has 0 aliphatic rings. The summed E-state index contributed by atoms with van der Waals surface area (Å²) in [5, 5.41) is 3.64. The molecule has 0 bridgehead atoms. The van der Waals surface area contributed by atoms with Gasteiger partial charge in [-0.15, -0.1) is 0 Å². The number of primary amides is 1. The minimum Gasteiger partial charge on any atom is -0.468 e. The molecule has 150 valence electrons. The molecule has 0 aromatic rings. The Bertz CT molecular complexity index is 571. The van der Waals surface area contributed by atoms with Gasteiger partial charge in [0.05, 0.1) is 32.6 Å². The van der Waals surface area contributed by atoms with Gasteiger partial charge in [0.15, 0.2) is 5.66 Å². The molecule has 12 heteroatoms. The number of nitrogens with zero attached hydrogens (tertiary/aromatic N) is 1. The number of esters is 2. The third kappa shape index (κ3) is 6.74. The highest BCUT2D eigenvalue weighted by Crippen LogP contribution is 2.56. The summed E-state index contributed by atoms with van der Waals surface area (Å²) in [7, 11) is -3.06. The van der Waals surface area contributed by atoms with Gasteiger partial charge in [0, 0.05) is 0 Å². The Hall–Kier alpha value is -1.97. The molecule has 0 aliphatic heterocycles. The Balaban J connectivity index is 6.29. The van der Waals surface area contributed by atoms with Crippen LogP contribution in [0.25, 0.3) is 0 Å². The van der Waals surface area contributed by atoms with Crippen LogP contribution in [0.3, 0.4) is 0 Å². The highest BCUT2D eigenvalue weighted by atomic mass is 31.2. The fraction of sp³-hybridized carbons (Fsp3) is 0.714. The van der Waals surface area contributed by atoms with Crippen molar-refractivity contribution in [2.45, 2.75) is 33.4 Å². The first kappa shape index (κ1) is 24.0. The number of nitrogens with one attached hydrogen (secondary N) is 1. The van der Waals surface area contributed by atoms with Crippen molar-refractivity contribution in [1.82, 2.24) is 5.43 Å². The number of methoxy groups -OCH3 is 1. The van der Waals surface area contributed by atoms with Crippen LogP contribution < -0.4 is 11.2 Å². The molecule has 2 unspecified atom stereocenters. The van der Waals surface area contributed by atoms with Gasteiger partial charge in [-0.1, -0.05) is 0 Å². The summed E-state index contributed by atoms with van der Waals surface area (Å²) in [5.74, 6) is -3.41. The molecule has 0 aromatic carbocycles. The van der Waals surface area contributed by atoms with E-state index in [-0.39, 0.29) is 25.5 Å². The Morgan fingerprint density at radius 2 is 1.62 bits per heavy atom. The fourth-order valence-electron chi connectivity index (χ4n) is 2.10. The van der Waals surface area contributed by atoms with Gasteiger partial charge in [-0.2, -0.15) is 5.10 Å². The van der Waals surface area contributed by atoms with Gasteiger partial charge in [0.1, 0.15) is 5.92 Å². The van der Waals surface area contributed by atoms with Crippen molar-refractivity contribution in [2.24, 2.45) is 16.8 Å². The van der Waals surface area contributed by atoms with Crippen LogP contribution in [0.2, 0.25) is 0 Å². The highest BCUT2D eigenvalue weighted by molar-refractivity contribution is 7.55. The van der Waals surface area contributed by atoms with Crippen molar-refractivity contribution in [2.75, 3.05) is 26.9 Å². The maximum absolute atomic E-state index is 13.2. The van der Waals surface area contributed by atoms with Gasteiger partial charge in [0.25, 0.3) is 0 Å². The minimum atomic E-state index is -4.14. The van der Waals surface area contributed by atoms with E-state index in [1.54, 1.807) is 20.8 Å². The lowest BCUT2D eigenvalue weighted by atomic mass is 10.00. The van der Waals surface area contributed by atoms with E-state index >= 15 is 0 Å². The van der Waals surface area contributed by atoms with Gasteiger partial charge in [-0.3, -0.25) is 14.2 Å². The van der Waals surface area contributed by atoms with Crippen molar-refractivity contribution in [1.29, 1.82) is 0 Å². The molecule has 2 amide bonds. The van der Waals surface area contributed by atoms with E-state index in [0.717, 1.165) is 7.11 Å². The second kappa shape index (κ2) is 11.6. The van der Waals surface area contributed by atoms with Crippen LogP contribution in [0.15, 0.2) is 5.10 Å². The van der Waals surface area contributed by atoms with Crippen LogP contribution in [-0.2, 0) is 32.7 Å². The Labute approximate surface area is 152 Å². The molecule has 0 radical (unpaired) electrons. The molecule has 0 rings (SSSR count). The molecule has 11 nitrogen and oxygen atoms in total. The van der Waals surface area contributed by atoms with E-state index in [1.165, 1.54) is 6.92 Å². The number of hydrogen-bond donors (Lipinski definition) is 2. The summed E-state index contributed by atoms with van der Waals surface area (Å²) >= 11 is 0. The highest BCUT2D eigenvalue weighted by Gasteiger charge is 2.52. The van der Waals surface area contributed by atoms with Gasteiger partial charge >= 0.3 is 25.6 Å². The molecule has 0 aliphatic carbocycles. The number of carbonyl (C=O) groups is 3. The zero-order valence-corrected chi connectivity index (χ0v) is 16.4. The first-order valence-corrected chi connectivity index (χ1v) is 9.52. The lowest BCUT2D eigenvalue weighted by Crippen LogP contribution is -2.42. The largest absolute Gasteiger partial charge is 0.468 e. The molecule has 0 heterocycles. The maximum Gasteiger partial charge on any atom is 0.346 e. The second-order valence-corrected chi connectivity index (χ2v) is 6.95. The standard InChI is InChI=1S/C14H26N3O8P/c1-6-23-13(19)11(26(21,24-7-2)25-8-3)10(12(18)22-5)9(4)16-17-14(15)20/h10-11H,6-8H2,1-5H3,(H3,15,17,20)/b16-9+. The molecular weight excluding hydrogens is 369 g/mol. The topological polar surface area (TPSA) is 156 Å². The summed E-state index contributed by atoms with van der Waals surface area (Å²) in [6.07, 6.45) is 0. The third-order valence-corrected chi connectivity index (χ3v) is 5.48. The molecule has 0 spiro atoms. The number of ether oxygens (including phenoxy) is 2. The molecule has 0 saturated heterocycles. The third-order valence-electron chi connectivity index (χ3n) is 3.05. The molecule has 0 saturated carbocycles. The smallest absolute Gasteiger partial charge is 0.346 e. The Morgan fingerprint density at radius 1 is 1.08 bits per heavy atom. The summed E-state index contributed by atoms with van der Waals surface area (Å²) in [6, 6.07) is -0.988. The number of carbonyl (C=O) groups excluding carboxylic acids is 3. The number of amides is 2. The zero-order chi connectivity index (χ0) is 20.3. The number of nitrogens with two attached hydrogens (primary N) is 1. The monoisotopic (exact) mass is 395 g/mol. The van der Waals surface area contributed by atoms with Crippen LogP contribution >= 0.6 is 7.60 Å². The SMILES string of the molecule is CCOC(=O)C(C(C(=O)OC)/C(C)=N/NC(N)=O)P(=O)(OCC)OCC. The lowest BCUT2D eigenvalue weighted by Gasteiger charge is -2.29. The molecule has 0 fully saturated rings. The molecule has 26 heavy (non-hydrogen) atoms.